The van der Waals surface area contributed by atoms with Crippen molar-refractivity contribution in [2.45, 2.75) is 25.4 Å². The van der Waals surface area contributed by atoms with Gasteiger partial charge in [0.2, 0.25) is 0 Å². The smallest absolute Gasteiger partial charge is 0.129 e. The predicted molar refractivity (Wildman–Crippen MR) is 68.4 cm³/mol. The number of likely N-dealkylation sites (N-methyl/N-ethyl adjacent to an activating group) is 1. The normalized spacial score (nSPS) is 17.5. The molecule has 1 unspecified atom stereocenters. The Hall–Kier alpha value is -0.640. The fourth-order valence-electron chi connectivity index (χ4n) is 2.25. The second-order valence-electron chi connectivity index (χ2n) is 4.79. The maximum absolute atomic E-state index is 13.7. The summed E-state index contributed by atoms with van der Waals surface area (Å²) in [7, 11) is 2.00. The molecule has 2 rings (SSSR count). The Morgan fingerprint density at radius 2 is 2.24 bits per heavy atom. The van der Waals surface area contributed by atoms with E-state index < -0.39 is 0 Å². The van der Waals surface area contributed by atoms with Crippen LogP contribution in [0, 0.1) is 11.7 Å². The molecule has 4 heteroatoms. The fourth-order valence-corrected chi connectivity index (χ4v) is 2.41. The molecule has 0 aromatic heterocycles. The van der Waals surface area contributed by atoms with E-state index in [4.69, 9.17) is 17.3 Å². The highest BCUT2D eigenvalue weighted by Crippen LogP contribution is 2.35. The zero-order valence-corrected chi connectivity index (χ0v) is 10.8. The highest BCUT2D eigenvalue weighted by molar-refractivity contribution is 6.30. The molecule has 94 valence electrons. The van der Waals surface area contributed by atoms with Crippen molar-refractivity contribution in [3.63, 3.8) is 0 Å². The third-order valence-corrected chi connectivity index (χ3v) is 3.64. The molecule has 1 aromatic rings. The van der Waals surface area contributed by atoms with Crippen LogP contribution >= 0.6 is 11.6 Å². The van der Waals surface area contributed by atoms with Crippen LogP contribution in [0.2, 0.25) is 5.02 Å². The lowest BCUT2D eigenvalue weighted by Gasteiger charge is -2.27. The maximum atomic E-state index is 13.7. The van der Waals surface area contributed by atoms with Crippen molar-refractivity contribution in [3.8, 4) is 0 Å². The van der Waals surface area contributed by atoms with Crippen molar-refractivity contribution < 1.29 is 4.39 Å². The molecule has 1 fully saturated rings. The maximum Gasteiger partial charge on any atom is 0.129 e. The molecule has 1 saturated carbocycles. The molecule has 0 bridgehead atoms. The fraction of sp³-hybridized carbons (Fsp3) is 0.538. The number of nitrogens with zero attached hydrogens (tertiary/aromatic N) is 1. The summed E-state index contributed by atoms with van der Waals surface area (Å²) in [5.41, 5.74) is 6.45. The molecule has 0 saturated heterocycles. The van der Waals surface area contributed by atoms with Crippen LogP contribution in [0.3, 0.4) is 0 Å². The van der Waals surface area contributed by atoms with Crippen molar-refractivity contribution in [2.75, 3.05) is 13.6 Å². The van der Waals surface area contributed by atoms with Gasteiger partial charge in [0.15, 0.2) is 0 Å². The van der Waals surface area contributed by atoms with E-state index in [1.807, 2.05) is 7.05 Å². The van der Waals surface area contributed by atoms with Gasteiger partial charge in [-0.1, -0.05) is 17.7 Å². The second kappa shape index (κ2) is 5.34. The Bertz CT molecular complexity index is 393. The first-order chi connectivity index (χ1) is 8.11. The van der Waals surface area contributed by atoms with Crippen LogP contribution in [0.4, 0.5) is 4.39 Å². The molecule has 17 heavy (non-hydrogen) atoms. The van der Waals surface area contributed by atoms with Gasteiger partial charge in [-0.25, -0.2) is 4.39 Å². The SMILES string of the molecule is CN(Cc1ccc(Cl)cc1F)C(CN)C1CC1. The number of rotatable bonds is 5. The molecule has 0 aliphatic heterocycles. The van der Waals surface area contributed by atoms with E-state index in [2.05, 4.69) is 4.90 Å². The summed E-state index contributed by atoms with van der Waals surface area (Å²) in [6, 6.07) is 5.20. The molecule has 1 aromatic carbocycles. The van der Waals surface area contributed by atoms with Crippen molar-refractivity contribution in [2.24, 2.45) is 11.7 Å². The Morgan fingerprint density at radius 1 is 1.53 bits per heavy atom. The first-order valence-electron chi connectivity index (χ1n) is 5.96. The Labute approximate surface area is 107 Å². The van der Waals surface area contributed by atoms with Gasteiger partial charge in [-0.3, -0.25) is 4.90 Å². The lowest BCUT2D eigenvalue weighted by atomic mass is 10.1. The second-order valence-corrected chi connectivity index (χ2v) is 5.23. The number of hydrogen-bond donors (Lipinski definition) is 1. The third-order valence-electron chi connectivity index (χ3n) is 3.41. The molecule has 0 radical (unpaired) electrons. The summed E-state index contributed by atoms with van der Waals surface area (Å²) in [5, 5.41) is 0.437. The van der Waals surface area contributed by atoms with E-state index in [1.165, 1.54) is 18.9 Å². The topological polar surface area (TPSA) is 29.3 Å². The zero-order chi connectivity index (χ0) is 12.4. The minimum absolute atomic E-state index is 0.240. The quantitative estimate of drug-likeness (QED) is 0.878. The van der Waals surface area contributed by atoms with E-state index in [0.717, 1.165) is 0 Å². The van der Waals surface area contributed by atoms with Crippen molar-refractivity contribution in [1.82, 2.24) is 4.90 Å². The summed E-state index contributed by atoms with van der Waals surface area (Å²) in [6.45, 7) is 1.22. The van der Waals surface area contributed by atoms with Gasteiger partial charge in [-0.15, -0.1) is 0 Å². The Kier molecular flexibility index (Phi) is 4.02. The van der Waals surface area contributed by atoms with Gasteiger partial charge >= 0.3 is 0 Å². The van der Waals surface area contributed by atoms with Crippen LogP contribution in [0.1, 0.15) is 18.4 Å². The average molecular weight is 257 g/mol. The molecule has 2 nitrogen and oxygen atoms in total. The van der Waals surface area contributed by atoms with Crippen molar-refractivity contribution >= 4 is 11.6 Å². The summed E-state index contributed by atoms with van der Waals surface area (Å²) in [4.78, 5) is 2.14. The van der Waals surface area contributed by atoms with Crippen LogP contribution in [0.5, 0.6) is 0 Å². The number of halogens is 2. The van der Waals surface area contributed by atoms with Crippen LogP contribution in [0.25, 0.3) is 0 Å². The molecular weight excluding hydrogens is 239 g/mol. The minimum atomic E-state index is -0.240. The largest absolute Gasteiger partial charge is 0.329 e. The van der Waals surface area contributed by atoms with Crippen LogP contribution < -0.4 is 5.73 Å². The van der Waals surface area contributed by atoms with E-state index in [1.54, 1.807) is 12.1 Å². The van der Waals surface area contributed by atoms with Gasteiger partial charge in [-0.2, -0.15) is 0 Å². The molecular formula is C13H18ClFN2. The lowest BCUT2D eigenvalue weighted by Crippen LogP contribution is -2.39. The van der Waals surface area contributed by atoms with E-state index in [9.17, 15) is 4.39 Å². The highest BCUT2D eigenvalue weighted by atomic mass is 35.5. The van der Waals surface area contributed by atoms with Gasteiger partial charge < -0.3 is 5.73 Å². The van der Waals surface area contributed by atoms with E-state index in [0.29, 0.717) is 35.6 Å². The molecule has 1 aliphatic rings. The van der Waals surface area contributed by atoms with Crippen LogP contribution in [-0.2, 0) is 6.54 Å². The van der Waals surface area contributed by atoms with E-state index >= 15 is 0 Å². The molecule has 2 N–H and O–H groups in total. The molecule has 0 heterocycles. The van der Waals surface area contributed by atoms with Crippen molar-refractivity contribution in [1.29, 1.82) is 0 Å². The first-order valence-corrected chi connectivity index (χ1v) is 6.34. The standard InChI is InChI=1S/C13H18ClFN2/c1-17(13(7-16)9-2-3-9)8-10-4-5-11(14)6-12(10)15/h4-6,9,13H,2-3,7-8,16H2,1H3. The molecule has 1 aliphatic carbocycles. The highest BCUT2D eigenvalue weighted by Gasteiger charge is 2.32. The molecule has 0 spiro atoms. The van der Waals surface area contributed by atoms with Crippen molar-refractivity contribution in [3.05, 3.63) is 34.6 Å². The molecule has 0 amide bonds. The van der Waals surface area contributed by atoms with Gasteiger partial charge in [0, 0.05) is 29.7 Å². The first kappa shape index (κ1) is 12.8. The Morgan fingerprint density at radius 3 is 2.76 bits per heavy atom. The summed E-state index contributed by atoms with van der Waals surface area (Å²) >= 11 is 5.73. The third kappa shape index (κ3) is 3.18. The summed E-state index contributed by atoms with van der Waals surface area (Å²) in [5.74, 6) is 0.455. The Balaban J connectivity index is 2.03. The van der Waals surface area contributed by atoms with Crippen LogP contribution in [0.15, 0.2) is 18.2 Å². The molecule has 1 atom stereocenters. The van der Waals surface area contributed by atoms with Gasteiger partial charge in [-0.05, 0) is 37.9 Å². The number of hydrogen-bond acceptors (Lipinski definition) is 2. The monoisotopic (exact) mass is 256 g/mol. The van der Waals surface area contributed by atoms with Gasteiger partial charge in [0.1, 0.15) is 5.82 Å². The van der Waals surface area contributed by atoms with Gasteiger partial charge in [0.05, 0.1) is 0 Å². The zero-order valence-electron chi connectivity index (χ0n) is 10.00. The minimum Gasteiger partial charge on any atom is -0.329 e. The number of benzene rings is 1. The van der Waals surface area contributed by atoms with Gasteiger partial charge in [0.25, 0.3) is 0 Å². The van der Waals surface area contributed by atoms with Crippen LogP contribution in [-0.4, -0.2) is 24.5 Å². The number of nitrogens with two attached hydrogens (primary N) is 1. The average Bonchev–Trinajstić information content (AvgIpc) is 3.08. The predicted octanol–water partition coefficient (Wildman–Crippen LogP) is 2.65. The summed E-state index contributed by atoms with van der Waals surface area (Å²) in [6.07, 6.45) is 2.49. The van der Waals surface area contributed by atoms with E-state index in [-0.39, 0.29) is 5.82 Å². The lowest BCUT2D eigenvalue weighted by molar-refractivity contribution is 0.213. The summed E-state index contributed by atoms with van der Waals surface area (Å²) < 4.78 is 13.7.